The normalized spacial score (nSPS) is 11.2. The molecule has 0 radical (unpaired) electrons. The van der Waals surface area contributed by atoms with E-state index in [9.17, 15) is 4.79 Å². The van der Waals surface area contributed by atoms with Crippen LogP contribution in [-0.4, -0.2) is 10.9 Å². The molecule has 26 heavy (non-hydrogen) atoms. The van der Waals surface area contributed by atoms with Gasteiger partial charge in [-0.3, -0.25) is 9.78 Å². The van der Waals surface area contributed by atoms with Gasteiger partial charge in [0.25, 0.3) is 5.91 Å². The Balaban J connectivity index is 1.70. The molecule has 0 aliphatic heterocycles. The monoisotopic (exact) mass is 342 g/mol. The van der Waals surface area contributed by atoms with E-state index in [2.05, 4.69) is 34.7 Å². The Bertz CT molecular complexity index is 930. The molecule has 0 spiro atoms. The zero-order valence-corrected chi connectivity index (χ0v) is 14.3. The molecule has 0 saturated heterocycles. The minimum atomic E-state index is -0.300. The summed E-state index contributed by atoms with van der Waals surface area (Å²) in [5.74, 6) is -0.300. The number of carbonyl (C=O) groups is 1. The largest absolute Gasteiger partial charge is 0.378 e. The van der Waals surface area contributed by atoms with Gasteiger partial charge in [-0.2, -0.15) is 5.26 Å². The molecular weight excluding hydrogens is 324 g/mol. The molecule has 0 fully saturated rings. The number of hydrogen-bond donors (Lipinski definition) is 2. The molecule has 5 nitrogen and oxygen atoms in total. The maximum Gasteiger partial charge on any atom is 0.274 e. The number of rotatable bonds is 5. The van der Waals surface area contributed by atoms with Crippen LogP contribution in [0, 0.1) is 11.3 Å². The lowest BCUT2D eigenvalue weighted by molar-refractivity contribution is 0.102. The van der Waals surface area contributed by atoms with Crippen LogP contribution in [0.5, 0.6) is 0 Å². The average Bonchev–Trinajstić information content (AvgIpc) is 2.69. The fraction of sp³-hybridized carbons (Fsp3) is 0.0952. The predicted molar refractivity (Wildman–Crippen MR) is 102 cm³/mol. The lowest BCUT2D eigenvalue weighted by Gasteiger charge is -2.16. The van der Waals surface area contributed by atoms with E-state index in [-0.39, 0.29) is 11.9 Å². The van der Waals surface area contributed by atoms with Gasteiger partial charge in [-0.1, -0.05) is 30.3 Å². The van der Waals surface area contributed by atoms with Crippen LogP contribution in [0.15, 0.2) is 72.9 Å². The van der Waals surface area contributed by atoms with Gasteiger partial charge in [-0.15, -0.1) is 0 Å². The third-order valence-electron chi connectivity index (χ3n) is 3.95. The van der Waals surface area contributed by atoms with Crippen molar-refractivity contribution in [3.63, 3.8) is 0 Å². The smallest absolute Gasteiger partial charge is 0.274 e. The van der Waals surface area contributed by atoms with Crippen molar-refractivity contribution in [2.24, 2.45) is 0 Å². The van der Waals surface area contributed by atoms with E-state index in [1.807, 2.05) is 30.3 Å². The number of nitriles is 1. The number of anilines is 2. The lowest BCUT2D eigenvalue weighted by atomic mass is 10.1. The fourth-order valence-electron chi connectivity index (χ4n) is 2.54. The molecule has 1 unspecified atom stereocenters. The Morgan fingerprint density at radius 2 is 1.77 bits per heavy atom. The van der Waals surface area contributed by atoms with Crippen LogP contribution in [0.2, 0.25) is 0 Å². The molecule has 1 heterocycles. The van der Waals surface area contributed by atoms with Gasteiger partial charge in [-0.05, 0) is 48.9 Å². The van der Waals surface area contributed by atoms with Gasteiger partial charge in [0.1, 0.15) is 5.69 Å². The standard InChI is InChI=1S/C21H18N4O/c1-15(17-5-3-2-4-6-17)24-19-11-12-23-20(13-19)21(26)25-18-9-7-16(14-22)8-10-18/h2-13,15H,1H3,(H,23,24)(H,25,26). The number of amides is 1. The Labute approximate surface area is 152 Å². The number of aromatic nitrogens is 1. The molecule has 5 heteroatoms. The topological polar surface area (TPSA) is 77.8 Å². The summed E-state index contributed by atoms with van der Waals surface area (Å²) in [7, 11) is 0. The van der Waals surface area contributed by atoms with E-state index >= 15 is 0 Å². The first-order valence-electron chi connectivity index (χ1n) is 8.25. The summed E-state index contributed by atoms with van der Waals surface area (Å²) in [4.78, 5) is 16.6. The molecule has 0 bridgehead atoms. The molecule has 1 amide bonds. The first kappa shape index (κ1) is 17.2. The van der Waals surface area contributed by atoms with Crippen LogP contribution in [0.4, 0.5) is 11.4 Å². The molecule has 0 saturated carbocycles. The first-order chi connectivity index (χ1) is 12.7. The van der Waals surface area contributed by atoms with Crippen molar-refractivity contribution in [3.05, 3.63) is 89.7 Å². The minimum Gasteiger partial charge on any atom is -0.378 e. The van der Waals surface area contributed by atoms with Crippen LogP contribution in [0.3, 0.4) is 0 Å². The molecule has 1 aromatic heterocycles. The van der Waals surface area contributed by atoms with Gasteiger partial charge in [0, 0.05) is 23.6 Å². The summed E-state index contributed by atoms with van der Waals surface area (Å²) >= 11 is 0. The average molecular weight is 342 g/mol. The van der Waals surface area contributed by atoms with Crippen molar-refractivity contribution in [3.8, 4) is 6.07 Å². The molecule has 128 valence electrons. The number of carbonyl (C=O) groups excluding carboxylic acids is 1. The van der Waals surface area contributed by atoms with Gasteiger partial charge in [0.2, 0.25) is 0 Å². The highest BCUT2D eigenvalue weighted by atomic mass is 16.1. The van der Waals surface area contributed by atoms with Crippen LogP contribution in [-0.2, 0) is 0 Å². The maximum absolute atomic E-state index is 12.4. The van der Waals surface area contributed by atoms with Crippen molar-refractivity contribution in [2.45, 2.75) is 13.0 Å². The Morgan fingerprint density at radius 3 is 2.46 bits per heavy atom. The zero-order valence-electron chi connectivity index (χ0n) is 14.3. The van der Waals surface area contributed by atoms with Crippen LogP contribution in [0.25, 0.3) is 0 Å². The van der Waals surface area contributed by atoms with E-state index < -0.39 is 0 Å². The summed E-state index contributed by atoms with van der Waals surface area (Å²) in [6, 6.07) is 22.5. The number of hydrogen-bond acceptors (Lipinski definition) is 4. The molecule has 0 aliphatic carbocycles. The van der Waals surface area contributed by atoms with Gasteiger partial charge < -0.3 is 10.6 Å². The van der Waals surface area contributed by atoms with Crippen molar-refractivity contribution in [1.29, 1.82) is 5.26 Å². The third-order valence-corrected chi connectivity index (χ3v) is 3.95. The Kier molecular flexibility index (Phi) is 5.25. The second kappa shape index (κ2) is 7.95. The number of pyridine rings is 1. The van der Waals surface area contributed by atoms with E-state index in [0.717, 1.165) is 11.3 Å². The minimum absolute atomic E-state index is 0.105. The first-order valence-corrected chi connectivity index (χ1v) is 8.25. The van der Waals surface area contributed by atoms with Crippen LogP contribution >= 0.6 is 0 Å². The summed E-state index contributed by atoms with van der Waals surface area (Å²) in [5.41, 5.74) is 3.46. The number of nitrogens with one attached hydrogen (secondary N) is 2. The molecule has 0 aliphatic rings. The van der Waals surface area contributed by atoms with Gasteiger partial charge >= 0.3 is 0 Å². The van der Waals surface area contributed by atoms with Crippen LogP contribution < -0.4 is 10.6 Å². The van der Waals surface area contributed by atoms with E-state index in [1.165, 1.54) is 0 Å². The van der Waals surface area contributed by atoms with Crippen LogP contribution in [0.1, 0.15) is 34.6 Å². The third kappa shape index (κ3) is 4.25. The summed E-state index contributed by atoms with van der Waals surface area (Å²) in [6.07, 6.45) is 1.60. The van der Waals surface area contributed by atoms with Gasteiger partial charge in [-0.25, -0.2) is 0 Å². The number of benzene rings is 2. The van der Waals surface area contributed by atoms with Crippen molar-refractivity contribution >= 4 is 17.3 Å². The van der Waals surface area contributed by atoms with Gasteiger partial charge in [0.05, 0.1) is 11.6 Å². The summed E-state index contributed by atoms with van der Waals surface area (Å²) in [5, 5.41) is 15.0. The molecule has 2 N–H and O–H groups in total. The SMILES string of the molecule is CC(Nc1ccnc(C(=O)Nc2ccc(C#N)cc2)c1)c1ccccc1. The highest BCUT2D eigenvalue weighted by Gasteiger charge is 2.10. The Hall–Kier alpha value is -3.65. The maximum atomic E-state index is 12.4. The fourth-order valence-corrected chi connectivity index (χ4v) is 2.54. The second-order valence-electron chi connectivity index (χ2n) is 5.85. The highest BCUT2D eigenvalue weighted by molar-refractivity contribution is 6.03. The summed E-state index contributed by atoms with van der Waals surface area (Å²) in [6.45, 7) is 2.06. The molecule has 3 aromatic rings. The van der Waals surface area contributed by atoms with E-state index in [4.69, 9.17) is 5.26 Å². The lowest BCUT2D eigenvalue weighted by Crippen LogP contribution is -2.14. The zero-order chi connectivity index (χ0) is 18.4. The molecular formula is C21H18N4O. The predicted octanol–water partition coefficient (Wildman–Crippen LogP) is 4.38. The summed E-state index contributed by atoms with van der Waals surface area (Å²) < 4.78 is 0. The van der Waals surface area contributed by atoms with Crippen molar-refractivity contribution < 1.29 is 4.79 Å². The van der Waals surface area contributed by atoms with Crippen molar-refractivity contribution in [1.82, 2.24) is 4.98 Å². The van der Waals surface area contributed by atoms with Crippen molar-refractivity contribution in [2.75, 3.05) is 10.6 Å². The van der Waals surface area contributed by atoms with E-state index in [0.29, 0.717) is 16.9 Å². The molecule has 2 aromatic carbocycles. The number of nitrogens with zero attached hydrogens (tertiary/aromatic N) is 2. The highest BCUT2D eigenvalue weighted by Crippen LogP contribution is 2.19. The molecule has 1 atom stereocenters. The van der Waals surface area contributed by atoms with E-state index in [1.54, 1.807) is 36.5 Å². The second-order valence-corrected chi connectivity index (χ2v) is 5.85. The van der Waals surface area contributed by atoms with Gasteiger partial charge in [0.15, 0.2) is 0 Å². The quantitative estimate of drug-likeness (QED) is 0.721. The Morgan fingerprint density at radius 1 is 1.04 bits per heavy atom. The molecule has 3 rings (SSSR count).